The van der Waals surface area contributed by atoms with Crippen LogP contribution < -0.4 is 11.1 Å². The molecule has 1 aliphatic rings. The van der Waals surface area contributed by atoms with Gasteiger partial charge in [0.05, 0.1) is 11.3 Å². The number of halogens is 6. The van der Waals surface area contributed by atoms with Gasteiger partial charge in [-0.15, -0.1) is 0 Å². The molecule has 1 amide bonds. The molecule has 5 rings (SSSR count). The number of nitrogens with one attached hydrogen (secondary N) is 1. The van der Waals surface area contributed by atoms with Crippen LogP contribution in [0.2, 0.25) is 0 Å². The number of hydrogen-bond donors (Lipinski definition) is 4. The van der Waals surface area contributed by atoms with Gasteiger partial charge in [0.25, 0.3) is 5.91 Å². The molecule has 1 aromatic heterocycles. The number of nitrogens with zero attached hydrogens (tertiary/aromatic N) is 3. The van der Waals surface area contributed by atoms with Crippen molar-refractivity contribution >= 4 is 28.7 Å². The number of likely N-dealkylation sites (tertiary alicyclic amines) is 1. The fraction of sp³-hybridized carbons (Fsp3) is 0.312. The lowest BCUT2D eigenvalue weighted by molar-refractivity contribution is -0.193. The first-order valence-corrected chi connectivity index (χ1v) is 14.4. The Balaban J connectivity index is 0.000000376. The van der Waals surface area contributed by atoms with Gasteiger partial charge < -0.3 is 26.2 Å². The number of hydrogen-bond acceptors (Lipinski definition) is 6. The van der Waals surface area contributed by atoms with Crippen molar-refractivity contribution in [3.63, 3.8) is 0 Å². The molecule has 10 nitrogen and oxygen atoms in total. The molecule has 2 heterocycles. The molecule has 1 aliphatic heterocycles. The molecule has 0 saturated carbocycles. The van der Waals surface area contributed by atoms with E-state index >= 15 is 0 Å². The van der Waals surface area contributed by atoms with E-state index in [0.717, 1.165) is 43.5 Å². The zero-order chi connectivity index (χ0) is 35.6. The molecule has 258 valence electrons. The third kappa shape index (κ3) is 11.1. The van der Waals surface area contributed by atoms with E-state index in [9.17, 15) is 31.1 Å². The Kier molecular flexibility index (Phi) is 12.7. The molecule has 1 fully saturated rings. The van der Waals surface area contributed by atoms with Gasteiger partial charge in [0.15, 0.2) is 0 Å². The molecular weight excluding hydrogens is 648 g/mol. The van der Waals surface area contributed by atoms with Gasteiger partial charge in [-0.2, -0.15) is 31.4 Å². The van der Waals surface area contributed by atoms with E-state index in [2.05, 4.69) is 77.0 Å². The molecule has 0 unspecified atom stereocenters. The SMILES string of the molecule is CN1CC[C@@H](NCc2ccc(-n3cc4cccc(C(N)=O)c4n3)cc2)[C@@H](Cc2ccccc2)C1.O=C(O)C(F)(F)F.O=C(O)C(F)(F)F. The van der Waals surface area contributed by atoms with E-state index in [1.165, 1.54) is 11.1 Å². The highest BCUT2D eigenvalue weighted by Gasteiger charge is 2.39. The lowest BCUT2D eigenvalue weighted by Gasteiger charge is -2.37. The number of primary amides is 1. The fourth-order valence-electron chi connectivity index (χ4n) is 5.00. The van der Waals surface area contributed by atoms with Crippen molar-refractivity contribution < 1.29 is 50.9 Å². The number of benzene rings is 3. The summed E-state index contributed by atoms with van der Waals surface area (Å²) in [5, 5.41) is 23.6. The number of aromatic nitrogens is 2. The number of aliphatic carboxylic acids is 2. The Bertz CT molecular complexity index is 1650. The minimum absolute atomic E-state index is 0.445. The molecule has 0 spiro atoms. The predicted molar refractivity (Wildman–Crippen MR) is 163 cm³/mol. The number of fused-ring (bicyclic) bond motifs is 1. The molecule has 0 aliphatic carbocycles. The first-order valence-electron chi connectivity index (χ1n) is 14.4. The number of alkyl halides is 6. The average molecular weight is 682 g/mol. The average Bonchev–Trinajstić information content (AvgIpc) is 3.46. The summed E-state index contributed by atoms with van der Waals surface area (Å²) >= 11 is 0. The standard InChI is InChI=1S/C28H31N5O.2C2HF3O2/c1-32-15-14-26(23(18-32)16-20-6-3-2-4-7-20)30-17-21-10-12-24(13-11-21)33-19-22-8-5-9-25(28(29)34)27(22)31-33;2*3-2(4,5)1(6)7/h2-13,19,23,26,30H,14-18H2,1H3,(H2,29,34);2*(H,6,7)/t23-,26+;;/m0../s1. The number of carbonyl (C=O) groups is 3. The van der Waals surface area contributed by atoms with Crippen LogP contribution in [0.25, 0.3) is 16.6 Å². The summed E-state index contributed by atoms with van der Waals surface area (Å²) in [6.45, 7) is 3.08. The molecule has 4 aromatic rings. The van der Waals surface area contributed by atoms with E-state index in [0.29, 0.717) is 23.0 Å². The molecule has 0 radical (unpaired) electrons. The highest BCUT2D eigenvalue weighted by atomic mass is 19.4. The van der Waals surface area contributed by atoms with E-state index in [1.54, 1.807) is 10.7 Å². The number of rotatable bonds is 7. The van der Waals surface area contributed by atoms with Crippen LogP contribution in [0.3, 0.4) is 0 Å². The Morgan fingerprint density at radius 2 is 1.46 bits per heavy atom. The van der Waals surface area contributed by atoms with Crippen molar-refractivity contribution in [2.75, 3.05) is 20.1 Å². The number of carboxylic acid groups (broad SMARTS) is 2. The number of nitrogens with two attached hydrogens (primary N) is 1. The van der Waals surface area contributed by atoms with Crippen LogP contribution in [0.15, 0.2) is 79.0 Å². The van der Waals surface area contributed by atoms with Crippen molar-refractivity contribution in [3.8, 4) is 5.69 Å². The van der Waals surface area contributed by atoms with E-state index in [-0.39, 0.29) is 0 Å². The van der Waals surface area contributed by atoms with Crippen LogP contribution in [0, 0.1) is 5.92 Å². The minimum atomic E-state index is -5.08. The molecule has 1 saturated heterocycles. The summed E-state index contributed by atoms with van der Waals surface area (Å²) in [5.41, 5.74) is 10.2. The largest absolute Gasteiger partial charge is 0.490 e. The summed E-state index contributed by atoms with van der Waals surface area (Å²) in [7, 11) is 2.22. The Morgan fingerprint density at radius 3 is 2.00 bits per heavy atom. The van der Waals surface area contributed by atoms with Gasteiger partial charge in [-0.25, -0.2) is 14.3 Å². The van der Waals surface area contributed by atoms with Crippen molar-refractivity contribution in [1.29, 1.82) is 0 Å². The smallest absolute Gasteiger partial charge is 0.475 e. The van der Waals surface area contributed by atoms with Gasteiger partial charge in [0.1, 0.15) is 5.52 Å². The van der Waals surface area contributed by atoms with E-state index < -0.39 is 30.2 Å². The normalized spacial score (nSPS) is 16.6. The molecule has 48 heavy (non-hydrogen) atoms. The van der Waals surface area contributed by atoms with Gasteiger partial charge >= 0.3 is 24.3 Å². The maximum atomic E-state index is 11.7. The lowest BCUT2D eigenvalue weighted by Crippen LogP contribution is -2.48. The minimum Gasteiger partial charge on any atom is -0.475 e. The van der Waals surface area contributed by atoms with Crippen LogP contribution in [0.4, 0.5) is 26.3 Å². The summed E-state index contributed by atoms with van der Waals surface area (Å²) in [6.07, 6.45) is -5.97. The first-order chi connectivity index (χ1) is 22.5. The fourth-order valence-corrected chi connectivity index (χ4v) is 5.00. The molecule has 2 atom stereocenters. The van der Waals surface area contributed by atoms with Crippen LogP contribution in [0.1, 0.15) is 27.9 Å². The topological polar surface area (TPSA) is 151 Å². The number of carboxylic acids is 2. The molecule has 0 bridgehead atoms. The van der Waals surface area contributed by atoms with Gasteiger partial charge in [0, 0.05) is 30.7 Å². The van der Waals surface area contributed by atoms with Crippen molar-refractivity contribution in [2.24, 2.45) is 11.7 Å². The van der Waals surface area contributed by atoms with E-state index in [4.69, 9.17) is 25.5 Å². The second kappa shape index (κ2) is 16.2. The molecule has 5 N–H and O–H groups in total. The van der Waals surface area contributed by atoms with Gasteiger partial charge in [-0.1, -0.05) is 54.6 Å². The van der Waals surface area contributed by atoms with Crippen molar-refractivity contribution in [2.45, 2.75) is 37.8 Å². The Morgan fingerprint density at radius 1 is 0.875 bits per heavy atom. The number of carbonyl (C=O) groups excluding carboxylic acids is 1. The van der Waals surface area contributed by atoms with Crippen molar-refractivity contribution in [1.82, 2.24) is 20.0 Å². The quantitative estimate of drug-likeness (QED) is 0.198. The predicted octanol–water partition coefficient (Wildman–Crippen LogP) is 5.04. The Labute approximate surface area is 270 Å². The Hall–Kier alpha value is -4.96. The molecule has 16 heteroatoms. The maximum Gasteiger partial charge on any atom is 0.490 e. The highest BCUT2D eigenvalue weighted by molar-refractivity contribution is 6.04. The van der Waals surface area contributed by atoms with Crippen LogP contribution in [-0.4, -0.2) is 81.3 Å². The lowest BCUT2D eigenvalue weighted by atomic mass is 9.86. The second-order valence-electron chi connectivity index (χ2n) is 10.9. The maximum absolute atomic E-state index is 11.7. The first kappa shape index (κ1) is 37.5. The van der Waals surface area contributed by atoms with Crippen LogP contribution in [-0.2, 0) is 22.6 Å². The number of amides is 1. The summed E-state index contributed by atoms with van der Waals surface area (Å²) in [5.74, 6) is -5.38. The monoisotopic (exact) mass is 681 g/mol. The van der Waals surface area contributed by atoms with E-state index in [1.807, 2.05) is 18.3 Å². The highest BCUT2D eigenvalue weighted by Crippen LogP contribution is 2.23. The van der Waals surface area contributed by atoms with Crippen LogP contribution >= 0.6 is 0 Å². The number of piperidine rings is 1. The molecule has 3 aromatic carbocycles. The van der Waals surface area contributed by atoms with Gasteiger partial charge in [0.2, 0.25) is 0 Å². The van der Waals surface area contributed by atoms with Crippen LogP contribution in [0.5, 0.6) is 0 Å². The van der Waals surface area contributed by atoms with Gasteiger partial charge in [-0.3, -0.25) is 4.79 Å². The third-order valence-electron chi connectivity index (χ3n) is 7.33. The van der Waals surface area contributed by atoms with Crippen molar-refractivity contribution in [3.05, 3.63) is 95.7 Å². The molecular formula is C32H33F6N5O5. The zero-order valence-corrected chi connectivity index (χ0v) is 25.5. The summed E-state index contributed by atoms with van der Waals surface area (Å²) in [6, 6.07) is 25.2. The third-order valence-corrected chi connectivity index (χ3v) is 7.33. The van der Waals surface area contributed by atoms with Gasteiger partial charge in [-0.05, 0) is 61.7 Å². The second-order valence-corrected chi connectivity index (χ2v) is 10.9. The summed E-state index contributed by atoms with van der Waals surface area (Å²) in [4.78, 5) is 31.9. The summed E-state index contributed by atoms with van der Waals surface area (Å²) < 4.78 is 65.3. The zero-order valence-electron chi connectivity index (χ0n) is 25.5.